The van der Waals surface area contributed by atoms with Crippen LogP contribution in [0.25, 0.3) is 16.2 Å². The van der Waals surface area contributed by atoms with Gasteiger partial charge in [0.1, 0.15) is 17.2 Å². The Morgan fingerprint density at radius 3 is 2.76 bits per heavy atom. The van der Waals surface area contributed by atoms with Gasteiger partial charge in [0, 0.05) is 11.1 Å². The van der Waals surface area contributed by atoms with Gasteiger partial charge in [0.05, 0.1) is 4.88 Å². The predicted octanol–water partition coefficient (Wildman–Crippen LogP) is 3.26. The Balaban J connectivity index is 2.27. The Labute approximate surface area is 104 Å². The number of rotatable bonds is 1. The van der Waals surface area contributed by atoms with Crippen LogP contribution < -0.4 is 5.73 Å². The minimum atomic E-state index is 0.710. The molecule has 4 heteroatoms. The number of fused-ring (bicyclic) bond motifs is 1. The smallest absolute Gasteiger partial charge is 0.139 e. The van der Waals surface area contributed by atoms with Crippen LogP contribution >= 0.6 is 11.3 Å². The average molecular weight is 243 g/mol. The third-order valence-electron chi connectivity index (χ3n) is 2.79. The van der Waals surface area contributed by atoms with Crippen molar-refractivity contribution in [3.63, 3.8) is 0 Å². The van der Waals surface area contributed by atoms with Crippen molar-refractivity contribution in [3.05, 3.63) is 40.9 Å². The zero-order chi connectivity index (χ0) is 12.0. The molecule has 0 fully saturated rings. The van der Waals surface area contributed by atoms with Crippen LogP contribution in [-0.4, -0.2) is 9.38 Å². The highest BCUT2D eigenvalue weighted by molar-refractivity contribution is 7.15. The van der Waals surface area contributed by atoms with Gasteiger partial charge in [-0.1, -0.05) is 0 Å². The monoisotopic (exact) mass is 243 g/mol. The van der Waals surface area contributed by atoms with Crippen LogP contribution in [0.1, 0.15) is 10.4 Å². The summed E-state index contributed by atoms with van der Waals surface area (Å²) in [6, 6.07) is 8.24. The Bertz CT molecular complexity index is 694. The fourth-order valence-electron chi connectivity index (χ4n) is 1.91. The first-order valence-corrected chi connectivity index (χ1v) is 6.28. The lowest BCUT2D eigenvalue weighted by Gasteiger charge is -1.97. The fraction of sp³-hybridized carbons (Fsp3) is 0.154. The van der Waals surface area contributed by atoms with E-state index in [9.17, 15) is 0 Å². The van der Waals surface area contributed by atoms with E-state index >= 15 is 0 Å². The Kier molecular flexibility index (Phi) is 2.19. The van der Waals surface area contributed by atoms with Crippen molar-refractivity contribution in [2.24, 2.45) is 0 Å². The van der Waals surface area contributed by atoms with Gasteiger partial charge >= 0.3 is 0 Å². The molecular formula is C13H13N3S. The molecule has 0 atom stereocenters. The largest absolute Gasteiger partial charge is 0.383 e. The van der Waals surface area contributed by atoms with E-state index in [1.807, 2.05) is 22.7 Å². The number of nitrogen functional groups attached to an aromatic ring is 1. The van der Waals surface area contributed by atoms with E-state index in [1.165, 1.54) is 10.4 Å². The van der Waals surface area contributed by atoms with Gasteiger partial charge < -0.3 is 5.73 Å². The molecule has 3 rings (SSSR count). The molecule has 3 heterocycles. The van der Waals surface area contributed by atoms with Gasteiger partial charge in [-0.2, -0.15) is 0 Å². The lowest BCUT2D eigenvalue weighted by Crippen LogP contribution is -1.93. The van der Waals surface area contributed by atoms with Crippen molar-refractivity contribution < 1.29 is 0 Å². The number of anilines is 1. The minimum absolute atomic E-state index is 0.710. The molecule has 0 unspecified atom stereocenters. The summed E-state index contributed by atoms with van der Waals surface area (Å²) in [5.41, 5.74) is 9.12. The van der Waals surface area contributed by atoms with E-state index in [1.54, 1.807) is 11.3 Å². The predicted molar refractivity (Wildman–Crippen MR) is 72.4 cm³/mol. The summed E-state index contributed by atoms with van der Waals surface area (Å²) in [7, 11) is 0. The molecule has 86 valence electrons. The van der Waals surface area contributed by atoms with Crippen molar-refractivity contribution in [2.45, 2.75) is 13.8 Å². The molecule has 0 saturated carbocycles. The molecule has 0 aliphatic carbocycles. The Morgan fingerprint density at radius 2 is 2.06 bits per heavy atom. The van der Waals surface area contributed by atoms with E-state index in [2.05, 4.69) is 31.0 Å². The maximum Gasteiger partial charge on any atom is 0.139 e. The highest BCUT2D eigenvalue weighted by Gasteiger charge is 2.12. The molecule has 0 spiro atoms. The lowest BCUT2D eigenvalue weighted by molar-refractivity contribution is 1.18. The van der Waals surface area contributed by atoms with Gasteiger partial charge in [-0.3, -0.25) is 4.40 Å². The number of thiophene rings is 1. The minimum Gasteiger partial charge on any atom is -0.383 e. The molecular weight excluding hydrogens is 230 g/mol. The first-order chi connectivity index (χ1) is 8.15. The molecule has 0 radical (unpaired) electrons. The van der Waals surface area contributed by atoms with E-state index in [0.29, 0.717) is 5.82 Å². The van der Waals surface area contributed by atoms with Gasteiger partial charge in [-0.05, 0) is 43.7 Å². The van der Waals surface area contributed by atoms with Crippen LogP contribution in [0.2, 0.25) is 0 Å². The number of pyridine rings is 1. The molecule has 3 nitrogen and oxygen atoms in total. The van der Waals surface area contributed by atoms with Crippen molar-refractivity contribution in [3.8, 4) is 10.6 Å². The van der Waals surface area contributed by atoms with Gasteiger partial charge in [-0.25, -0.2) is 4.98 Å². The van der Waals surface area contributed by atoms with Gasteiger partial charge in [0.2, 0.25) is 0 Å². The number of hydrogen-bond acceptors (Lipinski definition) is 3. The quantitative estimate of drug-likeness (QED) is 0.713. The molecule has 17 heavy (non-hydrogen) atoms. The maximum absolute atomic E-state index is 6.14. The number of aromatic nitrogens is 2. The van der Waals surface area contributed by atoms with Gasteiger partial charge in [-0.15, -0.1) is 11.3 Å². The van der Waals surface area contributed by atoms with Crippen LogP contribution in [-0.2, 0) is 0 Å². The summed E-state index contributed by atoms with van der Waals surface area (Å²) >= 11 is 1.72. The van der Waals surface area contributed by atoms with Gasteiger partial charge in [0.15, 0.2) is 0 Å². The zero-order valence-corrected chi connectivity index (χ0v) is 10.6. The van der Waals surface area contributed by atoms with Crippen LogP contribution in [0.15, 0.2) is 30.5 Å². The molecule has 0 aliphatic rings. The second-order valence-corrected chi connectivity index (χ2v) is 5.48. The molecule has 0 amide bonds. The SMILES string of the molecule is Cc1ccn2c(N)c(-c3ccc(C)s3)nc2c1. The zero-order valence-electron chi connectivity index (χ0n) is 9.77. The van der Waals surface area contributed by atoms with E-state index < -0.39 is 0 Å². The molecule has 2 N–H and O–H groups in total. The van der Waals surface area contributed by atoms with Crippen molar-refractivity contribution in [2.75, 3.05) is 5.73 Å². The normalized spacial score (nSPS) is 11.2. The molecule has 0 aliphatic heterocycles. The summed E-state index contributed by atoms with van der Waals surface area (Å²) < 4.78 is 1.93. The summed E-state index contributed by atoms with van der Waals surface area (Å²) in [5, 5.41) is 0. The Hall–Kier alpha value is -1.81. The van der Waals surface area contributed by atoms with E-state index in [-0.39, 0.29) is 0 Å². The topological polar surface area (TPSA) is 43.3 Å². The van der Waals surface area contributed by atoms with Gasteiger partial charge in [0.25, 0.3) is 0 Å². The van der Waals surface area contributed by atoms with Crippen molar-refractivity contribution in [1.82, 2.24) is 9.38 Å². The molecule has 0 bridgehead atoms. The first kappa shape index (κ1) is 10.4. The summed E-state index contributed by atoms with van der Waals surface area (Å²) in [5.74, 6) is 0.710. The first-order valence-electron chi connectivity index (χ1n) is 5.46. The third kappa shape index (κ3) is 1.61. The molecule has 3 aromatic heterocycles. The highest BCUT2D eigenvalue weighted by Crippen LogP contribution is 2.31. The number of imidazole rings is 1. The van der Waals surface area contributed by atoms with E-state index in [0.717, 1.165) is 16.2 Å². The number of hydrogen-bond donors (Lipinski definition) is 1. The summed E-state index contributed by atoms with van der Waals surface area (Å²) in [6.07, 6.45) is 1.97. The van der Waals surface area contributed by atoms with Crippen molar-refractivity contribution >= 4 is 22.8 Å². The lowest BCUT2D eigenvalue weighted by atomic mass is 10.3. The second-order valence-electron chi connectivity index (χ2n) is 4.19. The Morgan fingerprint density at radius 1 is 1.24 bits per heavy atom. The highest BCUT2D eigenvalue weighted by atomic mass is 32.1. The summed E-state index contributed by atoms with van der Waals surface area (Å²) in [6.45, 7) is 4.14. The summed E-state index contributed by atoms with van der Waals surface area (Å²) in [4.78, 5) is 7.00. The van der Waals surface area contributed by atoms with Crippen LogP contribution in [0.4, 0.5) is 5.82 Å². The fourth-order valence-corrected chi connectivity index (χ4v) is 2.77. The number of aryl methyl sites for hydroxylation is 2. The molecule has 0 aromatic carbocycles. The van der Waals surface area contributed by atoms with Crippen LogP contribution in [0.5, 0.6) is 0 Å². The molecule has 0 saturated heterocycles. The number of nitrogens with two attached hydrogens (primary N) is 1. The van der Waals surface area contributed by atoms with Crippen molar-refractivity contribution in [1.29, 1.82) is 0 Å². The third-order valence-corrected chi connectivity index (χ3v) is 3.80. The second kappa shape index (κ2) is 3.60. The van der Waals surface area contributed by atoms with Crippen LogP contribution in [0, 0.1) is 13.8 Å². The van der Waals surface area contributed by atoms with Crippen LogP contribution in [0.3, 0.4) is 0 Å². The maximum atomic E-state index is 6.14. The standard InChI is InChI=1S/C13H13N3S/c1-8-5-6-16-11(7-8)15-12(13(16)14)10-4-3-9(2)17-10/h3-7H,14H2,1-2H3. The van der Waals surface area contributed by atoms with E-state index in [4.69, 9.17) is 5.73 Å². The average Bonchev–Trinajstić information content (AvgIpc) is 2.83. The number of nitrogens with zero attached hydrogens (tertiary/aromatic N) is 2. The molecule has 3 aromatic rings.